The van der Waals surface area contributed by atoms with Crippen molar-refractivity contribution < 1.29 is 4.79 Å². The summed E-state index contributed by atoms with van der Waals surface area (Å²) in [7, 11) is 0. The van der Waals surface area contributed by atoms with E-state index in [9.17, 15) is 4.79 Å². The zero-order valence-corrected chi connectivity index (χ0v) is 15.0. The standard InChI is InChI=1S/C20H24ClN3O/c21-16-8-6-15(7-9-16)14-22-17-10-12-19(13-11-17)24-20(25)23-18-4-2-1-3-5-18/h6-13,18,22H,1-5,14H2,(H2,23,24,25). The Hall–Kier alpha value is -2.20. The summed E-state index contributed by atoms with van der Waals surface area (Å²) in [6.45, 7) is 0.728. The van der Waals surface area contributed by atoms with Crippen LogP contribution in [0.3, 0.4) is 0 Å². The van der Waals surface area contributed by atoms with Gasteiger partial charge in [-0.15, -0.1) is 0 Å². The normalized spacial score (nSPS) is 14.8. The molecule has 0 aromatic heterocycles. The number of halogens is 1. The van der Waals surface area contributed by atoms with E-state index in [1.807, 2.05) is 48.5 Å². The molecule has 4 nitrogen and oxygen atoms in total. The zero-order chi connectivity index (χ0) is 17.5. The second kappa shape index (κ2) is 8.77. The zero-order valence-electron chi connectivity index (χ0n) is 14.2. The Kier molecular flexibility index (Phi) is 6.18. The molecule has 0 radical (unpaired) electrons. The van der Waals surface area contributed by atoms with Gasteiger partial charge in [0.1, 0.15) is 0 Å². The molecule has 0 heterocycles. The van der Waals surface area contributed by atoms with Crippen LogP contribution >= 0.6 is 11.6 Å². The van der Waals surface area contributed by atoms with Crippen LogP contribution in [0.25, 0.3) is 0 Å². The van der Waals surface area contributed by atoms with Crippen molar-refractivity contribution in [2.24, 2.45) is 0 Å². The van der Waals surface area contributed by atoms with Gasteiger partial charge in [0.05, 0.1) is 0 Å². The number of anilines is 2. The molecule has 2 aromatic rings. The minimum absolute atomic E-state index is 0.117. The van der Waals surface area contributed by atoms with Crippen LogP contribution in [0.5, 0.6) is 0 Å². The predicted octanol–water partition coefficient (Wildman–Crippen LogP) is 5.41. The first-order valence-corrected chi connectivity index (χ1v) is 9.23. The van der Waals surface area contributed by atoms with Gasteiger partial charge in [-0.3, -0.25) is 0 Å². The van der Waals surface area contributed by atoms with Gasteiger partial charge in [-0.1, -0.05) is 43.0 Å². The molecule has 0 aliphatic heterocycles. The molecule has 0 bridgehead atoms. The maximum atomic E-state index is 12.1. The van der Waals surface area contributed by atoms with Gasteiger partial charge < -0.3 is 16.0 Å². The number of carbonyl (C=O) groups excluding carboxylic acids is 1. The van der Waals surface area contributed by atoms with Gasteiger partial charge in [-0.05, 0) is 54.8 Å². The fourth-order valence-corrected chi connectivity index (χ4v) is 3.20. The Morgan fingerprint density at radius 1 is 0.920 bits per heavy atom. The van der Waals surface area contributed by atoms with E-state index in [1.165, 1.54) is 24.8 Å². The number of rotatable bonds is 5. The number of carbonyl (C=O) groups is 1. The molecule has 1 aliphatic rings. The summed E-state index contributed by atoms with van der Waals surface area (Å²) in [5.41, 5.74) is 2.97. The van der Waals surface area contributed by atoms with Gasteiger partial charge in [0.15, 0.2) is 0 Å². The highest BCUT2D eigenvalue weighted by molar-refractivity contribution is 6.30. The second-order valence-corrected chi connectivity index (χ2v) is 6.93. The fraction of sp³-hybridized carbons (Fsp3) is 0.350. The Bertz CT molecular complexity index is 679. The molecule has 1 aliphatic carbocycles. The average Bonchev–Trinajstić information content (AvgIpc) is 2.63. The van der Waals surface area contributed by atoms with Crippen LogP contribution in [0, 0.1) is 0 Å². The summed E-state index contributed by atoms with van der Waals surface area (Å²) in [5, 5.41) is 10.1. The molecule has 2 aromatic carbocycles. The van der Waals surface area contributed by atoms with Gasteiger partial charge in [-0.2, -0.15) is 0 Å². The summed E-state index contributed by atoms with van der Waals surface area (Å²) in [6.07, 6.45) is 5.87. The quantitative estimate of drug-likeness (QED) is 0.670. The number of amides is 2. The third-order valence-electron chi connectivity index (χ3n) is 4.49. The molecule has 3 N–H and O–H groups in total. The van der Waals surface area contributed by atoms with Crippen LogP contribution in [0.2, 0.25) is 5.02 Å². The Balaban J connectivity index is 1.46. The monoisotopic (exact) mass is 357 g/mol. The second-order valence-electron chi connectivity index (χ2n) is 6.49. The Labute approximate surface area is 154 Å². The van der Waals surface area contributed by atoms with E-state index in [-0.39, 0.29) is 6.03 Å². The fourth-order valence-electron chi connectivity index (χ4n) is 3.08. The third-order valence-corrected chi connectivity index (χ3v) is 4.75. The maximum Gasteiger partial charge on any atom is 0.319 e. The number of benzene rings is 2. The summed E-state index contributed by atoms with van der Waals surface area (Å²) in [5.74, 6) is 0. The van der Waals surface area contributed by atoms with Gasteiger partial charge in [0.2, 0.25) is 0 Å². The molecule has 1 fully saturated rings. The van der Waals surface area contributed by atoms with E-state index in [0.717, 1.165) is 35.8 Å². The highest BCUT2D eigenvalue weighted by atomic mass is 35.5. The van der Waals surface area contributed by atoms with Crippen molar-refractivity contribution in [2.45, 2.75) is 44.7 Å². The van der Waals surface area contributed by atoms with Gasteiger partial charge in [-0.25, -0.2) is 4.79 Å². The van der Waals surface area contributed by atoms with E-state index < -0.39 is 0 Å². The van der Waals surface area contributed by atoms with Crippen LogP contribution in [-0.4, -0.2) is 12.1 Å². The minimum Gasteiger partial charge on any atom is -0.381 e. The van der Waals surface area contributed by atoms with Crippen molar-refractivity contribution in [2.75, 3.05) is 10.6 Å². The molecule has 25 heavy (non-hydrogen) atoms. The largest absolute Gasteiger partial charge is 0.381 e. The number of nitrogens with one attached hydrogen (secondary N) is 3. The molecule has 0 saturated heterocycles. The Morgan fingerprint density at radius 3 is 2.24 bits per heavy atom. The Morgan fingerprint density at radius 2 is 1.56 bits per heavy atom. The molecule has 132 valence electrons. The molecular weight excluding hydrogens is 334 g/mol. The molecule has 0 spiro atoms. The van der Waals surface area contributed by atoms with Crippen LogP contribution in [-0.2, 0) is 6.54 Å². The first kappa shape index (κ1) is 17.6. The van der Waals surface area contributed by atoms with Crippen molar-refractivity contribution in [1.29, 1.82) is 0 Å². The lowest BCUT2D eigenvalue weighted by Crippen LogP contribution is -2.38. The highest BCUT2D eigenvalue weighted by Crippen LogP contribution is 2.18. The van der Waals surface area contributed by atoms with Crippen LogP contribution < -0.4 is 16.0 Å². The summed E-state index contributed by atoms with van der Waals surface area (Å²) >= 11 is 5.89. The van der Waals surface area contributed by atoms with Crippen LogP contribution in [0.4, 0.5) is 16.2 Å². The summed E-state index contributed by atoms with van der Waals surface area (Å²) < 4.78 is 0. The topological polar surface area (TPSA) is 53.2 Å². The van der Waals surface area contributed by atoms with Gasteiger partial charge in [0.25, 0.3) is 0 Å². The van der Waals surface area contributed by atoms with E-state index in [1.54, 1.807) is 0 Å². The first-order chi connectivity index (χ1) is 12.2. The van der Waals surface area contributed by atoms with E-state index >= 15 is 0 Å². The van der Waals surface area contributed by atoms with Crippen molar-refractivity contribution in [3.63, 3.8) is 0 Å². The minimum atomic E-state index is -0.117. The van der Waals surface area contributed by atoms with Crippen molar-refractivity contribution in [3.05, 3.63) is 59.1 Å². The number of hydrogen-bond acceptors (Lipinski definition) is 2. The van der Waals surface area contributed by atoms with Crippen molar-refractivity contribution in [1.82, 2.24) is 5.32 Å². The van der Waals surface area contributed by atoms with E-state index in [0.29, 0.717) is 6.04 Å². The summed E-state index contributed by atoms with van der Waals surface area (Å²) in [6, 6.07) is 15.7. The van der Waals surface area contributed by atoms with Crippen LogP contribution in [0.15, 0.2) is 48.5 Å². The molecule has 3 rings (SSSR count). The molecular formula is C20H24ClN3O. The molecule has 1 saturated carbocycles. The molecule has 0 unspecified atom stereocenters. The lowest BCUT2D eigenvalue weighted by Gasteiger charge is -2.22. The lowest BCUT2D eigenvalue weighted by atomic mass is 9.96. The number of hydrogen-bond donors (Lipinski definition) is 3. The SMILES string of the molecule is O=C(Nc1ccc(NCc2ccc(Cl)cc2)cc1)NC1CCCCC1. The van der Waals surface area contributed by atoms with Crippen molar-refractivity contribution in [3.8, 4) is 0 Å². The van der Waals surface area contributed by atoms with Gasteiger partial charge >= 0.3 is 6.03 Å². The van der Waals surface area contributed by atoms with Crippen molar-refractivity contribution >= 4 is 29.0 Å². The number of urea groups is 1. The van der Waals surface area contributed by atoms with Gasteiger partial charge in [0, 0.05) is 29.0 Å². The third kappa shape index (κ3) is 5.68. The molecule has 0 atom stereocenters. The van der Waals surface area contributed by atoms with E-state index in [4.69, 9.17) is 11.6 Å². The predicted molar refractivity (Wildman–Crippen MR) is 104 cm³/mol. The maximum absolute atomic E-state index is 12.1. The van der Waals surface area contributed by atoms with Crippen LogP contribution in [0.1, 0.15) is 37.7 Å². The van der Waals surface area contributed by atoms with E-state index in [2.05, 4.69) is 16.0 Å². The smallest absolute Gasteiger partial charge is 0.319 e. The molecule has 5 heteroatoms. The lowest BCUT2D eigenvalue weighted by molar-refractivity contribution is 0.244. The highest BCUT2D eigenvalue weighted by Gasteiger charge is 2.15. The average molecular weight is 358 g/mol. The summed E-state index contributed by atoms with van der Waals surface area (Å²) in [4.78, 5) is 12.1. The molecule has 2 amide bonds. The first-order valence-electron chi connectivity index (χ1n) is 8.85.